The third kappa shape index (κ3) is 5.71. The molecule has 0 aromatic heterocycles. The highest BCUT2D eigenvalue weighted by molar-refractivity contribution is 5.75. The maximum atomic E-state index is 12.9. The number of ether oxygens (including phenoxy) is 1. The number of rotatable bonds is 6. The van der Waals surface area contributed by atoms with Crippen LogP contribution in [0.4, 0.5) is 22.0 Å². The molecule has 0 aliphatic carbocycles. The van der Waals surface area contributed by atoms with Crippen molar-refractivity contribution in [1.82, 2.24) is 5.32 Å². The molecule has 0 aliphatic rings. The molecule has 0 atom stereocenters. The molecule has 0 fully saturated rings. The van der Waals surface area contributed by atoms with E-state index in [1.807, 2.05) is 6.07 Å². The van der Waals surface area contributed by atoms with E-state index in [-0.39, 0.29) is 11.4 Å². The van der Waals surface area contributed by atoms with E-state index in [1.165, 1.54) is 12.1 Å². The van der Waals surface area contributed by atoms with Crippen molar-refractivity contribution in [1.29, 1.82) is 5.26 Å². The number of nitriles is 1. The van der Waals surface area contributed by atoms with Crippen LogP contribution in [0.3, 0.4) is 0 Å². The number of alkyl halides is 5. The van der Waals surface area contributed by atoms with Gasteiger partial charge in [-0.3, -0.25) is 0 Å². The minimum Gasteiger partial charge on any atom is -0.406 e. The van der Waals surface area contributed by atoms with Crippen molar-refractivity contribution in [2.24, 2.45) is 0 Å². The van der Waals surface area contributed by atoms with Crippen LogP contribution in [0.5, 0.6) is 5.75 Å². The lowest BCUT2D eigenvalue weighted by Gasteiger charge is -2.13. The monoisotopic (exact) mass is 396 g/mol. The van der Waals surface area contributed by atoms with Gasteiger partial charge in [0.1, 0.15) is 17.5 Å². The molecule has 1 N–H and O–H groups in total. The molecular formula is C20H17F5N2O. The number of halogens is 5. The summed E-state index contributed by atoms with van der Waals surface area (Å²) in [4.78, 5) is 0. The van der Waals surface area contributed by atoms with Crippen molar-refractivity contribution in [3.63, 3.8) is 0 Å². The molecule has 0 unspecified atom stereocenters. The third-order valence-electron chi connectivity index (χ3n) is 3.97. The largest absolute Gasteiger partial charge is 0.573 e. The molecule has 2 aromatic carbocycles. The lowest BCUT2D eigenvalue weighted by Crippen LogP contribution is -2.16. The number of nitrogens with zero attached hydrogens (tertiary/aromatic N) is 1. The first kappa shape index (κ1) is 21.2. The van der Waals surface area contributed by atoms with Crippen molar-refractivity contribution < 1.29 is 26.7 Å². The zero-order valence-corrected chi connectivity index (χ0v) is 15.1. The molecule has 2 aromatic rings. The first-order valence-corrected chi connectivity index (χ1v) is 8.20. The van der Waals surface area contributed by atoms with Gasteiger partial charge in [-0.25, -0.2) is 8.78 Å². The van der Waals surface area contributed by atoms with Crippen LogP contribution in [0.1, 0.15) is 18.1 Å². The highest BCUT2D eigenvalue weighted by Gasteiger charge is 2.31. The van der Waals surface area contributed by atoms with Gasteiger partial charge in [0.2, 0.25) is 6.43 Å². The van der Waals surface area contributed by atoms with E-state index in [9.17, 15) is 27.2 Å². The van der Waals surface area contributed by atoms with Crippen molar-refractivity contribution in [2.75, 3.05) is 7.05 Å². The summed E-state index contributed by atoms with van der Waals surface area (Å²) in [6.07, 6.45) is -7.84. The summed E-state index contributed by atoms with van der Waals surface area (Å²) in [7, 11) is 1.57. The van der Waals surface area contributed by atoms with Crippen LogP contribution in [0, 0.1) is 11.3 Å². The van der Waals surface area contributed by atoms with Crippen LogP contribution >= 0.6 is 0 Å². The molecule has 0 spiro atoms. The fourth-order valence-electron chi connectivity index (χ4n) is 2.69. The van der Waals surface area contributed by atoms with Crippen LogP contribution in [0.25, 0.3) is 16.7 Å². The SMILES string of the molecule is CN/C(C#N)=C(\C)c1cc(CC(F)F)cc(-c2ccc(OC(F)(F)F)cc2)c1. The standard InChI is InChI=1S/C20H17F5N2O/c1-12(18(11-26)27-2)15-7-13(9-19(21)22)8-16(10-15)14-3-5-17(6-4-14)28-20(23,24)25/h3-8,10,19,27H,9H2,1-2H3/b18-12+. The molecule has 0 radical (unpaired) electrons. The van der Waals surface area contributed by atoms with Gasteiger partial charge in [-0.15, -0.1) is 13.2 Å². The Hall–Kier alpha value is -3.08. The van der Waals surface area contributed by atoms with Gasteiger partial charge in [-0.2, -0.15) is 5.26 Å². The van der Waals surface area contributed by atoms with Crippen LogP contribution in [0.15, 0.2) is 48.2 Å². The molecule has 0 bridgehead atoms. The Morgan fingerprint density at radius 2 is 1.75 bits per heavy atom. The van der Waals surface area contributed by atoms with Crippen LogP contribution in [-0.4, -0.2) is 19.8 Å². The van der Waals surface area contributed by atoms with Gasteiger partial charge < -0.3 is 10.1 Å². The molecule has 0 saturated carbocycles. The smallest absolute Gasteiger partial charge is 0.406 e. The summed E-state index contributed by atoms with van der Waals surface area (Å²) in [6.45, 7) is 1.68. The van der Waals surface area contributed by atoms with Crippen molar-refractivity contribution in [3.8, 4) is 22.9 Å². The van der Waals surface area contributed by atoms with E-state index in [2.05, 4.69) is 10.1 Å². The highest BCUT2D eigenvalue weighted by atomic mass is 19.4. The first-order chi connectivity index (χ1) is 13.1. The van der Waals surface area contributed by atoms with Gasteiger partial charge in [0.15, 0.2) is 0 Å². The van der Waals surface area contributed by atoms with Gasteiger partial charge >= 0.3 is 6.36 Å². The maximum absolute atomic E-state index is 12.9. The molecule has 3 nitrogen and oxygen atoms in total. The molecular weight excluding hydrogens is 379 g/mol. The zero-order valence-electron chi connectivity index (χ0n) is 15.1. The van der Waals surface area contributed by atoms with E-state index in [4.69, 9.17) is 0 Å². The van der Waals surface area contributed by atoms with E-state index >= 15 is 0 Å². The Labute approximate surface area is 159 Å². The van der Waals surface area contributed by atoms with E-state index < -0.39 is 19.2 Å². The Morgan fingerprint density at radius 3 is 2.25 bits per heavy atom. The summed E-state index contributed by atoms with van der Waals surface area (Å²) >= 11 is 0. The number of nitrogens with one attached hydrogen (secondary N) is 1. The quantitative estimate of drug-likeness (QED) is 0.516. The maximum Gasteiger partial charge on any atom is 0.573 e. The van der Waals surface area contributed by atoms with Gasteiger partial charge in [-0.1, -0.05) is 24.3 Å². The lowest BCUT2D eigenvalue weighted by atomic mass is 9.95. The fourth-order valence-corrected chi connectivity index (χ4v) is 2.69. The predicted octanol–water partition coefficient (Wildman–Crippen LogP) is 5.53. The second-order valence-electron chi connectivity index (χ2n) is 5.95. The summed E-state index contributed by atoms with van der Waals surface area (Å²) < 4.78 is 66.5. The average Bonchev–Trinajstić information content (AvgIpc) is 2.61. The Morgan fingerprint density at radius 1 is 1.11 bits per heavy atom. The molecule has 2 rings (SSSR count). The first-order valence-electron chi connectivity index (χ1n) is 8.20. The molecule has 28 heavy (non-hydrogen) atoms. The highest BCUT2D eigenvalue weighted by Crippen LogP contribution is 2.30. The van der Waals surface area contributed by atoms with Gasteiger partial charge in [0.05, 0.1) is 0 Å². The number of hydrogen-bond acceptors (Lipinski definition) is 3. The third-order valence-corrected chi connectivity index (χ3v) is 3.97. The van der Waals surface area contributed by atoms with Gasteiger partial charge in [0.25, 0.3) is 0 Å². The Balaban J connectivity index is 2.50. The molecule has 0 heterocycles. The molecule has 0 saturated heterocycles. The predicted molar refractivity (Wildman–Crippen MR) is 95.5 cm³/mol. The minimum absolute atomic E-state index is 0.286. The summed E-state index contributed by atoms with van der Waals surface area (Å²) in [5.41, 5.74) is 2.84. The second-order valence-corrected chi connectivity index (χ2v) is 5.95. The normalized spacial score (nSPS) is 12.4. The topological polar surface area (TPSA) is 45.0 Å². The van der Waals surface area contributed by atoms with Gasteiger partial charge in [0, 0.05) is 13.5 Å². The summed E-state index contributed by atoms with van der Waals surface area (Å²) in [5.74, 6) is -0.377. The van der Waals surface area contributed by atoms with E-state index in [0.29, 0.717) is 27.8 Å². The zero-order chi connectivity index (χ0) is 20.9. The van der Waals surface area contributed by atoms with Crippen molar-refractivity contribution in [3.05, 3.63) is 59.3 Å². The summed E-state index contributed by atoms with van der Waals surface area (Å²) in [5, 5.41) is 11.9. The molecule has 0 amide bonds. The molecule has 8 heteroatoms. The van der Waals surface area contributed by atoms with Crippen LogP contribution < -0.4 is 10.1 Å². The van der Waals surface area contributed by atoms with Gasteiger partial charge in [-0.05, 0) is 52.9 Å². The molecule has 0 aliphatic heterocycles. The Bertz CT molecular complexity index is 896. The Kier molecular flexibility index (Phi) is 6.62. The van der Waals surface area contributed by atoms with E-state index in [1.54, 1.807) is 32.2 Å². The van der Waals surface area contributed by atoms with E-state index in [0.717, 1.165) is 12.1 Å². The van der Waals surface area contributed by atoms with Crippen molar-refractivity contribution in [2.45, 2.75) is 26.1 Å². The molecule has 148 valence electrons. The second kappa shape index (κ2) is 8.74. The summed E-state index contributed by atoms with van der Waals surface area (Å²) in [6, 6.07) is 11.9. The van der Waals surface area contributed by atoms with Crippen molar-refractivity contribution >= 4 is 5.57 Å². The van der Waals surface area contributed by atoms with Crippen LogP contribution in [0.2, 0.25) is 0 Å². The average molecular weight is 396 g/mol. The lowest BCUT2D eigenvalue weighted by molar-refractivity contribution is -0.274. The number of benzene rings is 2. The fraction of sp³-hybridized carbons (Fsp3) is 0.250. The number of hydrogen-bond donors (Lipinski definition) is 1. The van der Waals surface area contributed by atoms with Crippen LogP contribution in [-0.2, 0) is 6.42 Å². The minimum atomic E-state index is -4.80. The number of allylic oxidation sites excluding steroid dienone is 2.